The molecule has 3 nitrogen and oxygen atoms in total. The van der Waals surface area contributed by atoms with Crippen molar-refractivity contribution >= 4 is 6.03 Å². The van der Waals surface area contributed by atoms with Crippen molar-refractivity contribution in [1.29, 1.82) is 0 Å². The van der Waals surface area contributed by atoms with Gasteiger partial charge in [-0.3, -0.25) is 0 Å². The lowest BCUT2D eigenvalue weighted by Crippen LogP contribution is -2.43. The maximum absolute atomic E-state index is 12.0. The number of carbonyl (C=O) groups is 1. The van der Waals surface area contributed by atoms with Gasteiger partial charge in [-0.15, -0.1) is 0 Å². The molecule has 0 radical (unpaired) electrons. The summed E-state index contributed by atoms with van der Waals surface area (Å²) in [6, 6.07) is 10.2. The van der Waals surface area contributed by atoms with Crippen LogP contribution in [0.1, 0.15) is 37.8 Å². The zero-order chi connectivity index (χ0) is 12.1. The van der Waals surface area contributed by atoms with E-state index in [9.17, 15) is 4.79 Å². The normalized spacial score (nSPS) is 17.6. The first kappa shape index (κ1) is 12.0. The number of hydrogen-bond donors (Lipinski definition) is 1. The molecule has 0 spiro atoms. The van der Waals surface area contributed by atoms with Crippen molar-refractivity contribution in [3.05, 3.63) is 35.9 Å². The van der Waals surface area contributed by atoms with Crippen LogP contribution in [-0.2, 0) is 0 Å². The fraction of sp³-hybridized carbons (Fsp3) is 0.500. The number of rotatable bonds is 2. The monoisotopic (exact) mass is 232 g/mol. The quantitative estimate of drug-likeness (QED) is 0.835. The van der Waals surface area contributed by atoms with Crippen molar-refractivity contribution in [2.24, 2.45) is 0 Å². The first-order valence-electron chi connectivity index (χ1n) is 6.38. The predicted molar refractivity (Wildman–Crippen MR) is 68.8 cm³/mol. The van der Waals surface area contributed by atoms with Gasteiger partial charge < -0.3 is 10.2 Å². The molecule has 2 rings (SSSR count). The third kappa shape index (κ3) is 3.22. The number of amides is 2. The van der Waals surface area contributed by atoms with E-state index in [4.69, 9.17) is 0 Å². The molecule has 0 saturated carbocycles. The van der Waals surface area contributed by atoms with Crippen LogP contribution in [0.15, 0.2) is 30.3 Å². The Morgan fingerprint density at radius 3 is 2.47 bits per heavy atom. The topological polar surface area (TPSA) is 32.3 Å². The highest BCUT2D eigenvalue weighted by Gasteiger charge is 2.18. The molecule has 0 bridgehead atoms. The standard InChI is InChI=1S/C14H20N2O/c1-12(13-8-4-2-5-9-13)15-14(17)16-10-6-3-7-11-16/h2,4-5,8-9,12H,3,6-7,10-11H2,1H3,(H,15,17)/t12-/m0/s1. The second kappa shape index (κ2) is 5.71. The molecule has 1 fully saturated rings. The highest BCUT2D eigenvalue weighted by molar-refractivity contribution is 5.74. The van der Waals surface area contributed by atoms with Crippen LogP contribution < -0.4 is 5.32 Å². The molecule has 0 aliphatic carbocycles. The molecule has 1 saturated heterocycles. The van der Waals surface area contributed by atoms with Gasteiger partial charge in [0.2, 0.25) is 0 Å². The number of nitrogens with zero attached hydrogens (tertiary/aromatic N) is 1. The average molecular weight is 232 g/mol. The highest BCUT2D eigenvalue weighted by atomic mass is 16.2. The molecule has 1 aliphatic rings. The SMILES string of the molecule is C[C@H](NC(=O)N1CCCCC1)c1ccccc1. The molecule has 3 heteroatoms. The lowest BCUT2D eigenvalue weighted by atomic mass is 10.1. The summed E-state index contributed by atoms with van der Waals surface area (Å²) in [5.74, 6) is 0. The van der Waals surface area contributed by atoms with Crippen LogP contribution in [0.25, 0.3) is 0 Å². The van der Waals surface area contributed by atoms with Gasteiger partial charge >= 0.3 is 6.03 Å². The third-order valence-electron chi connectivity index (χ3n) is 3.28. The maximum Gasteiger partial charge on any atom is 0.317 e. The fourth-order valence-corrected chi connectivity index (χ4v) is 2.20. The van der Waals surface area contributed by atoms with Crippen molar-refractivity contribution in [2.45, 2.75) is 32.2 Å². The Bertz CT molecular complexity index is 358. The summed E-state index contributed by atoms with van der Waals surface area (Å²) < 4.78 is 0. The van der Waals surface area contributed by atoms with Gasteiger partial charge in [0.1, 0.15) is 0 Å². The molecular formula is C14H20N2O. The number of hydrogen-bond acceptors (Lipinski definition) is 1. The van der Waals surface area contributed by atoms with Crippen molar-refractivity contribution in [3.63, 3.8) is 0 Å². The molecule has 1 aliphatic heterocycles. The molecule has 1 aromatic rings. The van der Waals surface area contributed by atoms with E-state index in [1.165, 1.54) is 6.42 Å². The lowest BCUT2D eigenvalue weighted by Gasteiger charge is -2.28. The van der Waals surface area contributed by atoms with Gasteiger partial charge in [0.25, 0.3) is 0 Å². The molecule has 1 atom stereocenters. The third-order valence-corrected chi connectivity index (χ3v) is 3.28. The summed E-state index contributed by atoms with van der Waals surface area (Å²) >= 11 is 0. The van der Waals surface area contributed by atoms with Crippen LogP contribution in [0.3, 0.4) is 0 Å². The fourth-order valence-electron chi connectivity index (χ4n) is 2.20. The molecule has 0 aromatic heterocycles. The molecule has 1 N–H and O–H groups in total. The van der Waals surface area contributed by atoms with Crippen LogP contribution in [-0.4, -0.2) is 24.0 Å². The van der Waals surface area contributed by atoms with Gasteiger partial charge in [-0.25, -0.2) is 4.79 Å². The Balaban J connectivity index is 1.89. The molecule has 1 aromatic carbocycles. The van der Waals surface area contributed by atoms with Crippen LogP contribution in [0.4, 0.5) is 4.79 Å². The van der Waals surface area contributed by atoms with E-state index in [1.54, 1.807) is 0 Å². The number of nitrogens with one attached hydrogen (secondary N) is 1. The lowest BCUT2D eigenvalue weighted by molar-refractivity contribution is 0.183. The zero-order valence-electron chi connectivity index (χ0n) is 10.4. The zero-order valence-corrected chi connectivity index (χ0v) is 10.4. The Morgan fingerprint density at radius 1 is 1.18 bits per heavy atom. The summed E-state index contributed by atoms with van der Waals surface area (Å²) in [5.41, 5.74) is 1.15. The van der Waals surface area contributed by atoms with E-state index in [-0.39, 0.29) is 12.1 Å². The Labute approximate surface area is 103 Å². The van der Waals surface area contributed by atoms with Crippen LogP contribution in [0.5, 0.6) is 0 Å². The maximum atomic E-state index is 12.0. The van der Waals surface area contributed by atoms with Crippen molar-refractivity contribution in [3.8, 4) is 0 Å². The highest BCUT2D eigenvalue weighted by Crippen LogP contribution is 2.13. The van der Waals surface area contributed by atoms with E-state index in [0.29, 0.717) is 0 Å². The minimum Gasteiger partial charge on any atom is -0.331 e. The molecule has 0 unspecified atom stereocenters. The van der Waals surface area contributed by atoms with Crippen LogP contribution in [0.2, 0.25) is 0 Å². The number of piperidine rings is 1. The van der Waals surface area contributed by atoms with Gasteiger partial charge in [-0.2, -0.15) is 0 Å². The largest absolute Gasteiger partial charge is 0.331 e. The average Bonchev–Trinajstić information content (AvgIpc) is 2.40. The molecule has 92 valence electrons. The first-order chi connectivity index (χ1) is 8.27. The second-order valence-electron chi connectivity index (χ2n) is 4.63. The smallest absolute Gasteiger partial charge is 0.317 e. The first-order valence-corrected chi connectivity index (χ1v) is 6.38. The number of carbonyl (C=O) groups excluding carboxylic acids is 1. The van der Waals surface area contributed by atoms with Gasteiger partial charge in [0, 0.05) is 13.1 Å². The number of urea groups is 1. The van der Waals surface area contributed by atoms with Crippen LogP contribution >= 0.6 is 0 Å². The van der Waals surface area contributed by atoms with Gasteiger partial charge in [0.05, 0.1) is 6.04 Å². The summed E-state index contributed by atoms with van der Waals surface area (Å²) in [7, 11) is 0. The van der Waals surface area contributed by atoms with E-state index >= 15 is 0 Å². The van der Waals surface area contributed by atoms with Crippen molar-refractivity contribution in [1.82, 2.24) is 10.2 Å². The van der Waals surface area contributed by atoms with Gasteiger partial charge in [0.15, 0.2) is 0 Å². The van der Waals surface area contributed by atoms with Crippen LogP contribution in [0, 0.1) is 0 Å². The van der Waals surface area contributed by atoms with Gasteiger partial charge in [-0.1, -0.05) is 30.3 Å². The molecular weight excluding hydrogens is 212 g/mol. The molecule has 17 heavy (non-hydrogen) atoms. The van der Waals surface area contributed by atoms with Crippen molar-refractivity contribution in [2.75, 3.05) is 13.1 Å². The summed E-state index contributed by atoms with van der Waals surface area (Å²) in [4.78, 5) is 13.9. The molecule has 2 amide bonds. The van der Waals surface area contributed by atoms with E-state index in [1.807, 2.05) is 42.2 Å². The Hall–Kier alpha value is -1.51. The Morgan fingerprint density at radius 2 is 1.82 bits per heavy atom. The van der Waals surface area contributed by atoms with E-state index < -0.39 is 0 Å². The van der Waals surface area contributed by atoms with Crippen molar-refractivity contribution < 1.29 is 4.79 Å². The predicted octanol–water partition coefficient (Wildman–Crippen LogP) is 2.94. The number of likely N-dealkylation sites (tertiary alicyclic amines) is 1. The number of benzene rings is 1. The van der Waals surface area contributed by atoms with E-state index in [2.05, 4.69) is 5.32 Å². The van der Waals surface area contributed by atoms with E-state index in [0.717, 1.165) is 31.5 Å². The Kier molecular flexibility index (Phi) is 4.02. The minimum absolute atomic E-state index is 0.0704. The molecule has 1 heterocycles. The summed E-state index contributed by atoms with van der Waals surface area (Å²) in [6.07, 6.45) is 3.51. The minimum atomic E-state index is 0.0704. The van der Waals surface area contributed by atoms with Gasteiger partial charge in [-0.05, 0) is 31.7 Å². The second-order valence-corrected chi connectivity index (χ2v) is 4.63. The summed E-state index contributed by atoms with van der Waals surface area (Å²) in [6.45, 7) is 3.82. The summed E-state index contributed by atoms with van der Waals surface area (Å²) in [5, 5.41) is 3.05.